The first-order chi connectivity index (χ1) is 12.6. The molecule has 0 saturated carbocycles. The van der Waals surface area contributed by atoms with Crippen molar-refractivity contribution in [1.29, 1.82) is 0 Å². The van der Waals surface area contributed by atoms with Crippen molar-refractivity contribution >= 4 is 40.3 Å². The number of hydrogen-bond donors (Lipinski definition) is 0. The maximum atomic E-state index is 12.7. The number of fused-ring (bicyclic) bond motifs is 1. The summed E-state index contributed by atoms with van der Waals surface area (Å²) in [5.74, 6) is 1.60. The van der Waals surface area contributed by atoms with E-state index in [4.69, 9.17) is 14.2 Å². The SMILES string of the molecule is COc1cc(/C=C/C(=O)N2CCc3ccc(I)cc32)cc(OC)c1OC. The van der Waals surface area contributed by atoms with Gasteiger partial charge in [0.2, 0.25) is 5.75 Å². The molecule has 136 valence electrons. The number of amides is 1. The van der Waals surface area contributed by atoms with Crippen LogP contribution in [0.4, 0.5) is 5.69 Å². The molecule has 1 amide bonds. The molecule has 2 aromatic rings. The van der Waals surface area contributed by atoms with Crippen LogP contribution in [0.3, 0.4) is 0 Å². The Hall–Kier alpha value is -2.22. The summed E-state index contributed by atoms with van der Waals surface area (Å²) in [7, 11) is 4.70. The maximum Gasteiger partial charge on any atom is 0.251 e. The van der Waals surface area contributed by atoms with Crippen molar-refractivity contribution in [2.24, 2.45) is 0 Å². The number of benzene rings is 2. The zero-order valence-electron chi connectivity index (χ0n) is 14.9. The van der Waals surface area contributed by atoms with Gasteiger partial charge in [-0.15, -0.1) is 0 Å². The molecule has 0 radical (unpaired) electrons. The van der Waals surface area contributed by atoms with Gasteiger partial charge in [-0.2, -0.15) is 0 Å². The molecule has 5 nitrogen and oxygen atoms in total. The van der Waals surface area contributed by atoms with Crippen LogP contribution in [0, 0.1) is 3.57 Å². The molecule has 0 unspecified atom stereocenters. The number of carbonyl (C=O) groups excluding carboxylic acids is 1. The van der Waals surface area contributed by atoms with Gasteiger partial charge in [-0.05, 0) is 70.5 Å². The van der Waals surface area contributed by atoms with E-state index in [0.717, 1.165) is 21.2 Å². The molecule has 6 heteroatoms. The Morgan fingerprint density at radius 1 is 1.08 bits per heavy atom. The highest BCUT2D eigenvalue weighted by atomic mass is 127. The van der Waals surface area contributed by atoms with Gasteiger partial charge in [0.25, 0.3) is 5.91 Å². The quantitative estimate of drug-likeness (QED) is 0.497. The molecule has 3 rings (SSSR count). The minimum absolute atomic E-state index is 0.0421. The minimum Gasteiger partial charge on any atom is -0.493 e. The topological polar surface area (TPSA) is 48.0 Å². The Morgan fingerprint density at radius 3 is 2.38 bits per heavy atom. The van der Waals surface area contributed by atoms with Gasteiger partial charge < -0.3 is 19.1 Å². The van der Waals surface area contributed by atoms with E-state index in [2.05, 4.69) is 34.7 Å². The van der Waals surface area contributed by atoms with Crippen LogP contribution < -0.4 is 19.1 Å². The Balaban J connectivity index is 1.85. The number of ether oxygens (including phenoxy) is 3. The van der Waals surface area contributed by atoms with Crippen LogP contribution >= 0.6 is 22.6 Å². The van der Waals surface area contributed by atoms with E-state index in [1.54, 1.807) is 33.5 Å². The first-order valence-electron chi connectivity index (χ1n) is 8.15. The summed E-state index contributed by atoms with van der Waals surface area (Å²) in [5, 5.41) is 0. The lowest BCUT2D eigenvalue weighted by atomic mass is 10.1. The molecule has 1 aliphatic heterocycles. The Labute approximate surface area is 166 Å². The van der Waals surface area contributed by atoms with Crippen LogP contribution in [-0.2, 0) is 11.2 Å². The predicted octanol–water partition coefficient (Wildman–Crippen LogP) is 3.92. The molecule has 0 N–H and O–H groups in total. The molecule has 0 saturated heterocycles. The van der Waals surface area contributed by atoms with Crippen LogP contribution in [0.1, 0.15) is 11.1 Å². The van der Waals surface area contributed by atoms with Crippen LogP contribution in [0.5, 0.6) is 17.2 Å². The summed E-state index contributed by atoms with van der Waals surface area (Å²) < 4.78 is 17.1. The monoisotopic (exact) mass is 465 g/mol. The van der Waals surface area contributed by atoms with E-state index >= 15 is 0 Å². The molecular formula is C20H20INO4. The van der Waals surface area contributed by atoms with E-state index in [1.807, 2.05) is 23.1 Å². The average molecular weight is 465 g/mol. The van der Waals surface area contributed by atoms with E-state index in [9.17, 15) is 4.79 Å². The molecule has 0 spiro atoms. The number of nitrogens with zero attached hydrogens (tertiary/aromatic N) is 1. The van der Waals surface area contributed by atoms with Crippen LogP contribution in [0.25, 0.3) is 6.08 Å². The third-order valence-electron chi connectivity index (χ3n) is 4.31. The zero-order chi connectivity index (χ0) is 18.7. The third kappa shape index (κ3) is 3.65. The molecule has 0 fully saturated rings. The normalized spacial score (nSPS) is 13.0. The van der Waals surface area contributed by atoms with Gasteiger partial charge in [0, 0.05) is 21.9 Å². The second-order valence-corrected chi connectivity index (χ2v) is 7.05. The largest absolute Gasteiger partial charge is 0.493 e. The number of anilines is 1. The van der Waals surface area contributed by atoms with Crippen molar-refractivity contribution in [2.45, 2.75) is 6.42 Å². The summed E-state index contributed by atoms with van der Waals surface area (Å²) in [4.78, 5) is 14.5. The summed E-state index contributed by atoms with van der Waals surface area (Å²) in [6.45, 7) is 0.702. The fraction of sp³-hybridized carbons (Fsp3) is 0.250. The predicted molar refractivity (Wildman–Crippen MR) is 110 cm³/mol. The van der Waals surface area contributed by atoms with Gasteiger partial charge >= 0.3 is 0 Å². The highest BCUT2D eigenvalue weighted by Gasteiger charge is 2.23. The molecule has 1 aliphatic rings. The van der Waals surface area contributed by atoms with Crippen molar-refractivity contribution in [3.63, 3.8) is 0 Å². The van der Waals surface area contributed by atoms with Crippen molar-refractivity contribution in [3.05, 3.63) is 51.1 Å². The second-order valence-electron chi connectivity index (χ2n) is 5.80. The first kappa shape index (κ1) is 18.6. The number of carbonyl (C=O) groups is 1. The number of rotatable bonds is 5. The molecule has 0 bridgehead atoms. The molecule has 0 aliphatic carbocycles. The molecule has 26 heavy (non-hydrogen) atoms. The van der Waals surface area contributed by atoms with Gasteiger partial charge in [-0.1, -0.05) is 6.07 Å². The lowest BCUT2D eigenvalue weighted by Crippen LogP contribution is -2.26. The molecule has 0 atom stereocenters. The molecule has 0 aromatic heterocycles. The lowest BCUT2D eigenvalue weighted by molar-refractivity contribution is -0.114. The molecule has 1 heterocycles. The zero-order valence-corrected chi connectivity index (χ0v) is 17.1. The Morgan fingerprint density at radius 2 is 1.77 bits per heavy atom. The van der Waals surface area contributed by atoms with Gasteiger partial charge in [-0.25, -0.2) is 0 Å². The highest BCUT2D eigenvalue weighted by molar-refractivity contribution is 14.1. The van der Waals surface area contributed by atoms with Gasteiger partial charge in [0.1, 0.15) is 0 Å². The average Bonchev–Trinajstić information content (AvgIpc) is 3.08. The van der Waals surface area contributed by atoms with E-state index < -0.39 is 0 Å². The lowest BCUT2D eigenvalue weighted by Gasteiger charge is -2.15. The minimum atomic E-state index is -0.0421. The maximum absolute atomic E-state index is 12.7. The van der Waals surface area contributed by atoms with Crippen molar-refractivity contribution < 1.29 is 19.0 Å². The fourth-order valence-corrected chi connectivity index (χ4v) is 3.51. The van der Waals surface area contributed by atoms with Gasteiger partial charge in [0.05, 0.1) is 21.3 Å². The second kappa shape index (κ2) is 7.99. The van der Waals surface area contributed by atoms with Crippen molar-refractivity contribution in [1.82, 2.24) is 0 Å². The van der Waals surface area contributed by atoms with Crippen LogP contribution in [0.2, 0.25) is 0 Å². The number of halogens is 1. The van der Waals surface area contributed by atoms with E-state index in [1.165, 1.54) is 5.56 Å². The standard InChI is InChI=1S/C20H20INO4/c1-24-17-10-13(11-18(25-2)20(17)26-3)4-7-19(23)22-9-8-14-5-6-15(21)12-16(14)22/h4-7,10-12H,8-9H2,1-3H3/b7-4+. The number of hydrogen-bond acceptors (Lipinski definition) is 4. The smallest absolute Gasteiger partial charge is 0.251 e. The summed E-state index contributed by atoms with van der Waals surface area (Å²) in [6.07, 6.45) is 4.23. The number of methoxy groups -OCH3 is 3. The summed E-state index contributed by atoms with van der Waals surface area (Å²) >= 11 is 2.26. The Kier molecular flexibility index (Phi) is 5.70. The Bertz CT molecular complexity index is 838. The molecule has 2 aromatic carbocycles. The van der Waals surface area contributed by atoms with E-state index in [-0.39, 0.29) is 5.91 Å². The van der Waals surface area contributed by atoms with Gasteiger partial charge in [-0.3, -0.25) is 4.79 Å². The van der Waals surface area contributed by atoms with Gasteiger partial charge in [0.15, 0.2) is 11.5 Å². The molecular weight excluding hydrogens is 445 g/mol. The van der Waals surface area contributed by atoms with Crippen LogP contribution in [0.15, 0.2) is 36.4 Å². The third-order valence-corrected chi connectivity index (χ3v) is 4.99. The van der Waals surface area contributed by atoms with Crippen molar-refractivity contribution in [3.8, 4) is 17.2 Å². The van der Waals surface area contributed by atoms with Crippen LogP contribution in [-0.4, -0.2) is 33.8 Å². The fourth-order valence-electron chi connectivity index (χ4n) is 3.04. The summed E-state index contributed by atoms with van der Waals surface area (Å²) in [6, 6.07) is 9.83. The van der Waals surface area contributed by atoms with E-state index in [0.29, 0.717) is 23.8 Å². The summed E-state index contributed by atoms with van der Waals surface area (Å²) in [5.41, 5.74) is 3.01. The first-order valence-corrected chi connectivity index (χ1v) is 9.23. The van der Waals surface area contributed by atoms with Crippen molar-refractivity contribution in [2.75, 3.05) is 32.8 Å². The highest BCUT2D eigenvalue weighted by Crippen LogP contribution is 2.38.